The Hall–Kier alpha value is -4.01. The molecule has 2 aromatic carbocycles. The summed E-state index contributed by atoms with van der Waals surface area (Å²) < 4.78 is 35.0. The van der Waals surface area contributed by atoms with Crippen molar-refractivity contribution in [3.05, 3.63) is 82.8 Å². The third-order valence-electron chi connectivity index (χ3n) is 5.01. The van der Waals surface area contributed by atoms with Crippen molar-refractivity contribution in [1.29, 1.82) is 0 Å². The smallest absolute Gasteiger partial charge is 0.267 e. The van der Waals surface area contributed by atoms with E-state index in [0.29, 0.717) is 24.3 Å². The lowest BCUT2D eigenvalue weighted by atomic mass is 10.1. The molecule has 7 nitrogen and oxygen atoms in total. The minimum absolute atomic E-state index is 0.266. The molecular formula is C23H20F2N4O3. The molecule has 0 fully saturated rings. The molecular weight excluding hydrogens is 418 g/mol. The van der Waals surface area contributed by atoms with Crippen molar-refractivity contribution in [1.82, 2.24) is 19.7 Å². The zero-order valence-corrected chi connectivity index (χ0v) is 17.2. The van der Waals surface area contributed by atoms with Gasteiger partial charge in [-0.05, 0) is 47.9 Å². The first-order valence-electron chi connectivity index (χ1n) is 9.88. The maximum absolute atomic E-state index is 13.5. The van der Waals surface area contributed by atoms with Crippen LogP contribution in [0, 0.1) is 11.6 Å². The normalized spacial score (nSPS) is 11.0. The zero-order valence-electron chi connectivity index (χ0n) is 17.2. The molecule has 1 N–H and O–H groups in total. The molecule has 0 spiro atoms. The average Bonchev–Trinajstić information content (AvgIpc) is 3.17. The Labute approximate surface area is 181 Å². The number of aromatic nitrogens is 3. The van der Waals surface area contributed by atoms with Crippen molar-refractivity contribution in [2.75, 3.05) is 13.7 Å². The topological polar surface area (TPSA) is 78.1 Å². The van der Waals surface area contributed by atoms with E-state index in [2.05, 4.69) is 10.4 Å². The van der Waals surface area contributed by atoms with Crippen LogP contribution in [-0.2, 0) is 17.9 Å². The third-order valence-corrected chi connectivity index (χ3v) is 5.01. The van der Waals surface area contributed by atoms with Crippen LogP contribution in [0.4, 0.5) is 8.78 Å². The summed E-state index contributed by atoms with van der Waals surface area (Å²) in [6.07, 6.45) is 1.82. The van der Waals surface area contributed by atoms with E-state index in [4.69, 9.17) is 4.74 Å². The Balaban J connectivity index is 1.43. The lowest BCUT2D eigenvalue weighted by Gasteiger charge is -2.11. The van der Waals surface area contributed by atoms with E-state index in [9.17, 15) is 18.4 Å². The number of carbonyl (C=O) groups is 1. The van der Waals surface area contributed by atoms with Gasteiger partial charge in [-0.25, -0.2) is 13.5 Å². The zero-order chi connectivity index (χ0) is 22.7. The van der Waals surface area contributed by atoms with Crippen LogP contribution in [0.25, 0.3) is 22.2 Å². The van der Waals surface area contributed by atoms with Gasteiger partial charge in [-0.1, -0.05) is 0 Å². The second-order valence-electron chi connectivity index (χ2n) is 7.12. The van der Waals surface area contributed by atoms with Gasteiger partial charge in [-0.2, -0.15) is 5.10 Å². The van der Waals surface area contributed by atoms with Crippen LogP contribution in [-0.4, -0.2) is 33.9 Å². The number of ether oxygens (including phenoxy) is 1. The highest BCUT2D eigenvalue weighted by Crippen LogP contribution is 2.28. The van der Waals surface area contributed by atoms with Gasteiger partial charge in [0.05, 0.1) is 18.3 Å². The molecule has 0 saturated heterocycles. The highest BCUT2D eigenvalue weighted by molar-refractivity contribution is 5.80. The highest BCUT2D eigenvalue weighted by Gasteiger charge is 2.12. The molecule has 0 aliphatic rings. The van der Waals surface area contributed by atoms with Crippen molar-refractivity contribution in [3.8, 4) is 17.0 Å². The first-order valence-corrected chi connectivity index (χ1v) is 9.88. The number of amides is 1. The van der Waals surface area contributed by atoms with Gasteiger partial charge in [0.2, 0.25) is 5.91 Å². The third kappa shape index (κ3) is 4.51. The van der Waals surface area contributed by atoms with Crippen LogP contribution >= 0.6 is 0 Å². The van der Waals surface area contributed by atoms with Crippen molar-refractivity contribution in [2.45, 2.75) is 13.1 Å². The lowest BCUT2D eigenvalue weighted by Crippen LogP contribution is -2.35. The Morgan fingerprint density at radius 2 is 1.84 bits per heavy atom. The van der Waals surface area contributed by atoms with Gasteiger partial charge in [-0.15, -0.1) is 0 Å². The van der Waals surface area contributed by atoms with Crippen LogP contribution in [0.15, 0.2) is 65.6 Å². The lowest BCUT2D eigenvalue weighted by molar-refractivity contribution is -0.121. The second-order valence-corrected chi connectivity index (χ2v) is 7.12. The van der Waals surface area contributed by atoms with E-state index in [1.54, 1.807) is 6.07 Å². The molecule has 32 heavy (non-hydrogen) atoms. The fourth-order valence-corrected chi connectivity index (χ4v) is 3.44. The summed E-state index contributed by atoms with van der Waals surface area (Å²) in [6, 6.07) is 13.2. The summed E-state index contributed by atoms with van der Waals surface area (Å²) in [6.45, 7) is 0.449. The summed E-state index contributed by atoms with van der Waals surface area (Å²) in [4.78, 5) is 24.5. The van der Waals surface area contributed by atoms with Gasteiger partial charge in [0.1, 0.15) is 23.9 Å². The van der Waals surface area contributed by atoms with E-state index in [-0.39, 0.29) is 18.1 Å². The number of halogens is 2. The van der Waals surface area contributed by atoms with Gasteiger partial charge < -0.3 is 14.6 Å². The molecule has 9 heteroatoms. The Bertz CT molecular complexity index is 1350. The largest absolute Gasteiger partial charge is 0.496 e. The quantitative estimate of drug-likeness (QED) is 0.481. The molecule has 0 radical (unpaired) electrons. The summed E-state index contributed by atoms with van der Waals surface area (Å²) in [5.41, 5.74) is 1.15. The monoisotopic (exact) mass is 438 g/mol. The number of rotatable bonds is 7. The molecule has 0 aliphatic heterocycles. The van der Waals surface area contributed by atoms with Crippen molar-refractivity contribution >= 4 is 16.8 Å². The average molecular weight is 438 g/mol. The fourth-order valence-electron chi connectivity index (χ4n) is 3.44. The minimum atomic E-state index is -0.462. The maximum Gasteiger partial charge on any atom is 0.267 e. The van der Waals surface area contributed by atoms with Gasteiger partial charge in [0, 0.05) is 37.0 Å². The molecule has 2 heterocycles. The van der Waals surface area contributed by atoms with Crippen molar-refractivity contribution < 1.29 is 18.3 Å². The Morgan fingerprint density at radius 1 is 1.06 bits per heavy atom. The van der Waals surface area contributed by atoms with Crippen LogP contribution in [0.1, 0.15) is 0 Å². The van der Waals surface area contributed by atoms with Gasteiger partial charge in [0.15, 0.2) is 0 Å². The summed E-state index contributed by atoms with van der Waals surface area (Å²) >= 11 is 0. The molecule has 2 aromatic heterocycles. The predicted molar refractivity (Wildman–Crippen MR) is 115 cm³/mol. The highest BCUT2D eigenvalue weighted by atomic mass is 19.1. The first-order chi connectivity index (χ1) is 15.4. The summed E-state index contributed by atoms with van der Waals surface area (Å²) in [5, 5.41) is 7.87. The van der Waals surface area contributed by atoms with Crippen molar-refractivity contribution in [2.24, 2.45) is 0 Å². The van der Waals surface area contributed by atoms with E-state index < -0.39 is 17.3 Å². The molecule has 1 amide bonds. The van der Waals surface area contributed by atoms with E-state index in [0.717, 1.165) is 15.6 Å². The molecule has 0 bridgehead atoms. The number of benzene rings is 2. The van der Waals surface area contributed by atoms with Gasteiger partial charge in [0.25, 0.3) is 5.56 Å². The van der Waals surface area contributed by atoms with Crippen LogP contribution < -0.4 is 15.6 Å². The van der Waals surface area contributed by atoms with Crippen LogP contribution in [0.2, 0.25) is 0 Å². The number of hydrogen-bond acceptors (Lipinski definition) is 4. The SMILES string of the molecule is COc1cc(F)ccc1-c1ccc(=O)n(CC(=O)NCCn2ccc3ccc(F)cc32)n1. The van der Waals surface area contributed by atoms with Crippen LogP contribution in [0.3, 0.4) is 0 Å². The number of methoxy groups -OCH3 is 1. The Morgan fingerprint density at radius 3 is 2.66 bits per heavy atom. The predicted octanol–water partition coefficient (Wildman–Crippen LogP) is 2.97. The number of fused-ring (bicyclic) bond motifs is 1. The summed E-state index contributed by atoms with van der Waals surface area (Å²) in [7, 11) is 1.41. The maximum atomic E-state index is 13.5. The molecule has 0 aliphatic carbocycles. The number of nitrogens with zero attached hydrogens (tertiary/aromatic N) is 3. The number of nitrogens with one attached hydrogen (secondary N) is 1. The van der Waals surface area contributed by atoms with Crippen LogP contribution in [0.5, 0.6) is 5.75 Å². The molecule has 0 saturated carbocycles. The summed E-state index contributed by atoms with van der Waals surface area (Å²) in [5.74, 6) is -0.922. The van der Waals surface area contributed by atoms with E-state index in [1.165, 1.54) is 49.6 Å². The van der Waals surface area contributed by atoms with Gasteiger partial charge in [-0.3, -0.25) is 9.59 Å². The molecule has 0 atom stereocenters. The molecule has 164 valence electrons. The number of carbonyl (C=O) groups excluding carboxylic acids is 1. The van der Waals surface area contributed by atoms with Gasteiger partial charge >= 0.3 is 0 Å². The standard InChI is InChI=1S/C23H20F2N4O3/c1-32-21-13-17(25)4-5-18(21)19-6-7-23(31)29(27-19)14-22(30)26-9-11-28-10-8-15-2-3-16(24)12-20(15)28/h2-8,10,12-13H,9,11,14H2,1H3,(H,26,30). The molecule has 4 rings (SSSR count). The Kier molecular flexibility index (Phi) is 5.98. The first kappa shape index (κ1) is 21.2. The minimum Gasteiger partial charge on any atom is -0.496 e. The van der Waals surface area contributed by atoms with E-state index >= 15 is 0 Å². The molecule has 0 unspecified atom stereocenters. The second kappa shape index (κ2) is 9.01. The van der Waals surface area contributed by atoms with Crippen molar-refractivity contribution in [3.63, 3.8) is 0 Å². The molecule has 4 aromatic rings. The van der Waals surface area contributed by atoms with E-state index in [1.807, 2.05) is 16.8 Å². The fraction of sp³-hybridized carbons (Fsp3) is 0.174. The number of hydrogen-bond donors (Lipinski definition) is 1.